The SMILES string of the molecule is Cn1cc(CN2CC[C@]3(Cc4nn(Cc5ccccc5)c(=O)c(=O)n4C3)C2)cn1. The summed E-state index contributed by atoms with van der Waals surface area (Å²) in [7, 11) is 1.92. The van der Waals surface area contributed by atoms with Gasteiger partial charge in [-0.1, -0.05) is 30.3 Å². The summed E-state index contributed by atoms with van der Waals surface area (Å²) in [5.74, 6) is 0.730. The van der Waals surface area contributed by atoms with Gasteiger partial charge < -0.3 is 0 Å². The molecule has 3 aromatic rings. The molecule has 0 aliphatic carbocycles. The molecule has 8 nitrogen and oxygen atoms in total. The van der Waals surface area contributed by atoms with Gasteiger partial charge in [-0.15, -0.1) is 0 Å². The summed E-state index contributed by atoms with van der Waals surface area (Å²) in [5.41, 5.74) is 1.15. The number of likely N-dealkylation sites (tertiary alicyclic amines) is 1. The van der Waals surface area contributed by atoms with E-state index < -0.39 is 11.1 Å². The van der Waals surface area contributed by atoms with Crippen LogP contribution in [0.1, 0.15) is 23.4 Å². The molecule has 0 amide bonds. The molecule has 0 unspecified atom stereocenters. The highest BCUT2D eigenvalue weighted by atomic mass is 16.2. The molecule has 1 saturated heterocycles. The van der Waals surface area contributed by atoms with Crippen LogP contribution in [0.15, 0.2) is 52.3 Å². The van der Waals surface area contributed by atoms with Crippen molar-refractivity contribution in [2.45, 2.75) is 32.5 Å². The van der Waals surface area contributed by atoms with Gasteiger partial charge in [0.2, 0.25) is 0 Å². The third-order valence-electron chi connectivity index (χ3n) is 6.09. The molecule has 0 saturated carbocycles. The number of aryl methyl sites for hydroxylation is 1. The molecule has 0 radical (unpaired) electrons. The number of aromatic nitrogens is 5. The van der Waals surface area contributed by atoms with Crippen molar-refractivity contribution in [1.29, 1.82) is 0 Å². The lowest BCUT2D eigenvalue weighted by molar-refractivity contribution is 0.246. The van der Waals surface area contributed by atoms with Gasteiger partial charge in [0, 0.05) is 50.3 Å². The van der Waals surface area contributed by atoms with Crippen molar-refractivity contribution >= 4 is 0 Å². The minimum absolute atomic E-state index is 0.0141. The van der Waals surface area contributed by atoms with E-state index in [4.69, 9.17) is 0 Å². The van der Waals surface area contributed by atoms with E-state index in [0.29, 0.717) is 13.1 Å². The Hall–Kier alpha value is -3.00. The average molecular weight is 392 g/mol. The molecule has 0 bridgehead atoms. The van der Waals surface area contributed by atoms with Crippen molar-refractivity contribution in [1.82, 2.24) is 29.0 Å². The van der Waals surface area contributed by atoms with Crippen LogP contribution in [0.5, 0.6) is 0 Å². The minimum Gasteiger partial charge on any atom is -0.298 e. The fourth-order valence-corrected chi connectivity index (χ4v) is 4.71. The van der Waals surface area contributed by atoms with Crippen LogP contribution in [0.3, 0.4) is 0 Å². The van der Waals surface area contributed by atoms with Gasteiger partial charge in [0.25, 0.3) is 0 Å². The summed E-state index contributed by atoms with van der Waals surface area (Å²) in [6.07, 6.45) is 5.68. The van der Waals surface area contributed by atoms with Crippen LogP contribution in [0.25, 0.3) is 0 Å². The highest BCUT2D eigenvalue weighted by Crippen LogP contribution is 2.39. The topological polar surface area (TPSA) is 78.0 Å². The van der Waals surface area contributed by atoms with Gasteiger partial charge >= 0.3 is 11.1 Å². The lowest BCUT2D eigenvalue weighted by Crippen LogP contribution is -2.43. The first-order valence-corrected chi connectivity index (χ1v) is 9.96. The number of fused-ring (bicyclic) bond motifs is 1. The lowest BCUT2D eigenvalue weighted by Gasteiger charge is -2.22. The molecular formula is C21H24N6O2. The van der Waals surface area contributed by atoms with E-state index in [1.54, 1.807) is 4.57 Å². The van der Waals surface area contributed by atoms with Crippen molar-refractivity contribution < 1.29 is 0 Å². The predicted octanol–water partition coefficient (Wildman–Crippen LogP) is 0.635. The zero-order chi connectivity index (χ0) is 20.0. The standard InChI is InChI=1S/C21H24N6O2/c1-24-11-17(10-22-24)12-25-8-7-21(14-25)9-18-23-27(13-16-5-3-2-4-6-16)20(29)19(28)26(18)15-21/h2-6,10-11H,7-9,12-15H2,1H3/t21-/m0/s1. The molecule has 8 heteroatoms. The lowest BCUT2D eigenvalue weighted by atomic mass is 9.86. The summed E-state index contributed by atoms with van der Waals surface area (Å²) >= 11 is 0. The van der Waals surface area contributed by atoms with Crippen LogP contribution in [0, 0.1) is 5.41 Å². The Balaban J connectivity index is 1.37. The maximum absolute atomic E-state index is 12.8. The van der Waals surface area contributed by atoms with Gasteiger partial charge in [-0.2, -0.15) is 10.2 Å². The van der Waals surface area contributed by atoms with E-state index in [2.05, 4.69) is 15.1 Å². The van der Waals surface area contributed by atoms with Crippen LogP contribution in [-0.4, -0.2) is 42.1 Å². The van der Waals surface area contributed by atoms with E-state index in [-0.39, 0.29) is 5.41 Å². The van der Waals surface area contributed by atoms with E-state index in [0.717, 1.165) is 43.9 Å². The third-order valence-corrected chi connectivity index (χ3v) is 6.09. The van der Waals surface area contributed by atoms with Crippen LogP contribution in [-0.2, 0) is 33.1 Å². The molecular weight excluding hydrogens is 368 g/mol. The predicted molar refractivity (Wildman–Crippen MR) is 108 cm³/mol. The molecule has 4 heterocycles. The molecule has 2 aliphatic heterocycles. The number of hydrogen-bond acceptors (Lipinski definition) is 5. The van der Waals surface area contributed by atoms with Gasteiger partial charge in [-0.3, -0.25) is 23.7 Å². The quantitative estimate of drug-likeness (QED) is 0.609. The van der Waals surface area contributed by atoms with E-state index >= 15 is 0 Å². The Morgan fingerprint density at radius 2 is 1.86 bits per heavy atom. The molecule has 0 N–H and O–H groups in total. The van der Waals surface area contributed by atoms with Gasteiger partial charge in [0.1, 0.15) is 5.82 Å². The first-order chi connectivity index (χ1) is 14.0. The minimum atomic E-state index is -0.542. The van der Waals surface area contributed by atoms with Crippen LogP contribution >= 0.6 is 0 Å². The second-order valence-corrected chi connectivity index (χ2v) is 8.42. The second kappa shape index (κ2) is 6.81. The smallest absolute Gasteiger partial charge is 0.298 e. The second-order valence-electron chi connectivity index (χ2n) is 8.42. The molecule has 2 aliphatic rings. The van der Waals surface area contributed by atoms with Gasteiger partial charge in [0.05, 0.1) is 12.7 Å². The largest absolute Gasteiger partial charge is 0.332 e. The summed E-state index contributed by atoms with van der Waals surface area (Å²) in [4.78, 5) is 27.8. The van der Waals surface area contributed by atoms with E-state index in [1.807, 2.05) is 54.5 Å². The molecule has 29 heavy (non-hydrogen) atoms. The fourth-order valence-electron chi connectivity index (χ4n) is 4.71. The van der Waals surface area contributed by atoms with Crippen LogP contribution in [0.4, 0.5) is 0 Å². The summed E-state index contributed by atoms with van der Waals surface area (Å²) < 4.78 is 4.75. The molecule has 5 rings (SSSR count). The maximum atomic E-state index is 12.8. The molecule has 1 aromatic carbocycles. The number of hydrogen-bond donors (Lipinski definition) is 0. The highest BCUT2D eigenvalue weighted by molar-refractivity contribution is 5.15. The van der Waals surface area contributed by atoms with Gasteiger partial charge in [0.15, 0.2) is 0 Å². The van der Waals surface area contributed by atoms with E-state index in [1.165, 1.54) is 10.2 Å². The fraction of sp³-hybridized carbons (Fsp3) is 0.429. The number of nitrogens with zero attached hydrogens (tertiary/aromatic N) is 6. The molecule has 1 atom stereocenters. The van der Waals surface area contributed by atoms with Crippen molar-refractivity contribution in [3.8, 4) is 0 Å². The number of rotatable bonds is 4. The molecule has 1 fully saturated rings. The first kappa shape index (κ1) is 18.1. The van der Waals surface area contributed by atoms with Crippen LogP contribution < -0.4 is 11.1 Å². The normalized spacial score (nSPS) is 21.1. The van der Waals surface area contributed by atoms with Crippen molar-refractivity contribution in [2.24, 2.45) is 12.5 Å². The average Bonchev–Trinajstić information content (AvgIpc) is 3.40. The Morgan fingerprint density at radius 1 is 1.03 bits per heavy atom. The molecule has 150 valence electrons. The van der Waals surface area contributed by atoms with Crippen LogP contribution in [0.2, 0.25) is 0 Å². The van der Waals surface area contributed by atoms with Crippen molar-refractivity contribution in [2.75, 3.05) is 13.1 Å². The molecule has 2 aromatic heterocycles. The van der Waals surface area contributed by atoms with E-state index in [9.17, 15) is 9.59 Å². The third kappa shape index (κ3) is 3.33. The van der Waals surface area contributed by atoms with Crippen molar-refractivity contribution in [3.05, 3.63) is 80.4 Å². The molecule has 1 spiro atoms. The summed E-state index contributed by atoms with van der Waals surface area (Å²) in [6, 6.07) is 9.65. The summed E-state index contributed by atoms with van der Waals surface area (Å²) in [5, 5.41) is 8.82. The van der Waals surface area contributed by atoms with Crippen molar-refractivity contribution in [3.63, 3.8) is 0 Å². The zero-order valence-corrected chi connectivity index (χ0v) is 16.5. The highest BCUT2D eigenvalue weighted by Gasteiger charge is 2.44. The first-order valence-electron chi connectivity index (χ1n) is 9.96. The van der Waals surface area contributed by atoms with Gasteiger partial charge in [-0.05, 0) is 18.5 Å². The zero-order valence-electron chi connectivity index (χ0n) is 16.5. The Bertz CT molecular complexity index is 1160. The monoisotopic (exact) mass is 392 g/mol. The maximum Gasteiger partial charge on any atom is 0.332 e. The number of benzene rings is 1. The summed E-state index contributed by atoms with van der Waals surface area (Å²) in [6.45, 7) is 3.64. The van der Waals surface area contributed by atoms with Gasteiger partial charge in [-0.25, -0.2) is 4.68 Å². The Morgan fingerprint density at radius 3 is 2.62 bits per heavy atom. The Labute approximate surface area is 168 Å². The Kier molecular flexibility index (Phi) is 4.24.